The standard InChI is InChI=1S/C6H11N3O3/c1-4(10)6(8-9-7)5(11)3-12-2/h5-6,11H,3H2,1-2H3/t5-,6+/m1/s1. The van der Waals surface area contributed by atoms with Gasteiger partial charge in [0.1, 0.15) is 11.8 Å². The Morgan fingerprint density at radius 1 is 1.83 bits per heavy atom. The lowest BCUT2D eigenvalue weighted by Crippen LogP contribution is -2.33. The van der Waals surface area contributed by atoms with E-state index in [9.17, 15) is 9.90 Å². The topological polar surface area (TPSA) is 95.3 Å². The van der Waals surface area contributed by atoms with E-state index in [2.05, 4.69) is 14.8 Å². The van der Waals surface area contributed by atoms with Crippen LogP contribution < -0.4 is 0 Å². The van der Waals surface area contributed by atoms with Crippen molar-refractivity contribution in [2.75, 3.05) is 13.7 Å². The van der Waals surface area contributed by atoms with Crippen LogP contribution in [0.2, 0.25) is 0 Å². The molecule has 6 nitrogen and oxygen atoms in total. The first kappa shape index (κ1) is 10.9. The van der Waals surface area contributed by atoms with Gasteiger partial charge in [-0.05, 0) is 12.5 Å². The lowest BCUT2D eigenvalue weighted by Gasteiger charge is -2.13. The number of ether oxygens (including phenoxy) is 1. The highest BCUT2D eigenvalue weighted by molar-refractivity contribution is 5.82. The third-order valence-corrected chi connectivity index (χ3v) is 1.29. The Morgan fingerprint density at radius 2 is 2.42 bits per heavy atom. The molecule has 0 aliphatic carbocycles. The van der Waals surface area contributed by atoms with Crippen LogP contribution in [0.3, 0.4) is 0 Å². The van der Waals surface area contributed by atoms with E-state index in [-0.39, 0.29) is 12.4 Å². The molecule has 0 radical (unpaired) electrons. The van der Waals surface area contributed by atoms with Crippen molar-refractivity contribution in [1.29, 1.82) is 0 Å². The number of aliphatic hydroxyl groups is 1. The maximum absolute atomic E-state index is 10.8. The molecule has 0 aromatic rings. The van der Waals surface area contributed by atoms with Gasteiger partial charge in [0.15, 0.2) is 0 Å². The highest BCUT2D eigenvalue weighted by Gasteiger charge is 2.21. The molecular formula is C6H11N3O3. The Kier molecular flexibility index (Phi) is 5.03. The fraction of sp³-hybridized carbons (Fsp3) is 0.833. The molecule has 0 unspecified atom stereocenters. The number of methoxy groups -OCH3 is 1. The summed E-state index contributed by atoms with van der Waals surface area (Å²) in [6.45, 7) is 1.22. The van der Waals surface area contributed by atoms with Gasteiger partial charge in [-0.15, -0.1) is 0 Å². The molecule has 2 atom stereocenters. The van der Waals surface area contributed by atoms with Gasteiger partial charge in [-0.3, -0.25) is 4.79 Å². The number of azide groups is 1. The van der Waals surface area contributed by atoms with Crippen LogP contribution in [-0.2, 0) is 9.53 Å². The first-order valence-corrected chi connectivity index (χ1v) is 3.35. The lowest BCUT2D eigenvalue weighted by molar-refractivity contribution is -0.121. The Balaban J connectivity index is 4.28. The predicted octanol–water partition coefficient (Wildman–Crippen LogP) is 0.262. The molecule has 0 aliphatic rings. The average molecular weight is 173 g/mol. The van der Waals surface area contributed by atoms with Crippen molar-refractivity contribution in [3.63, 3.8) is 0 Å². The molecule has 0 fully saturated rings. The van der Waals surface area contributed by atoms with Gasteiger partial charge in [0.05, 0.1) is 12.7 Å². The van der Waals surface area contributed by atoms with Gasteiger partial charge in [-0.1, -0.05) is 5.11 Å². The molecule has 0 bridgehead atoms. The van der Waals surface area contributed by atoms with Crippen LogP contribution in [0.1, 0.15) is 6.92 Å². The summed E-state index contributed by atoms with van der Waals surface area (Å²) >= 11 is 0. The van der Waals surface area contributed by atoms with Crippen LogP contribution in [0.5, 0.6) is 0 Å². The maximum atomic E-state index is 10.8. The van der Waals surface area contributed by atoms with Crippen LogP contribution in [-0.4, -0.2) is 36.8 Å². The molecular weight excluding hydrogens is 162 g/mol. The number of carbonyl (C=O) groups is 1. The number of hydrogen-bond acceptors (Lipinski definition) is 4. The first-order valence-electron chi connectivity index (χ1n) is 3.35. The number of carbonyl (C=O) groups excluding carboxylic acids is 1. The van der Waals surface area contributed by atoms with E-state index in [0.717, 1.165) is 0 Å². The molecule has 68 valence electrons. The van der Waals surface area contributed by atoms with Crippen LogP contribution >= 0.6 is 0 Å². The summed E-state index contributed by atoms with van der Waals surface area (Å²) in [7, 11) is 1.39. The van der Waals surface area contributed by atoms with Crippen molar-refractivity contribution >= 4 is 5.78 Å². The van der Waals surface area contributed by atoms with Crippen molar-refractivity contribution in [1.82, 2.24) is 0 Å². The molecule has 0 aromatic carbocycles. The number of nitrogens with zero attached hydrogens (tertiary/aromatic N) is 3. The Morgan fingerprint density at radius 3 is 2.75 bits per heavy atom. The third kappa shape index (κ3) is 3.34. The summed E-state index contributed by atoms with van der Waals surface area (Å²) in [6.07, 6.45) is -1.07. The van der Waals surface area contributed by atoms with Crippen LogP contribution in [0.15, 0.2) is 5.11 Å². The molecule has 0 amide bonds. The molecule has 0 aromatic heterocycles. The predicted molar refractivity (Wildman–Crippen MR) is 41.5 cm³/mol. The zero-order chi connectivity index (χ0) is 9.56. The quantitative estimate of drug-likeness (QED) is 0.367. The third-order valence-electron chi connectivity index (χ3n) is 1.29. The molecule has 12 heavy (non-hydrogen) atoms. The SMILES string of the molecule is COC[C@@H](O)[C@@H](N=[N+]=[N-])C(C)=O. The summed E-state index contributed by atoms with van der Waals surface area (Å²) in [4.78, 5) is 13.2. The molecule has 0 saturated carbocycles. The van der Waals surface area contributed by atoms with Gasteiger partial charge < -0.3 is 9.84 Å². The summed E-state index contributed by atoms with van der Waals surface area (Å²) < 4.78 is 4.60. The first-order chi connectivity index (χ1) is 5.63. The van der Waals surface area contributed by atoms with E-state index in [1.165, 1.54) is 14.0 Å². The summed E-state index contributed by atoms with van der Waals surface area (Å²) in [5.41, 5.74) is 8.06. The van der Waals surface area contributed by atoms with E-state index < -0.39 is 12.1 Å². The second-order valence-corrected chi connectivity index (χ2v) is 2.28. The fourth-order valence-electron chi connectivity index (χ4n) is 0.747. The minimum Gasteiger partial charge on any atom is -0.390 e. The number of Topliss-reactive ketones (excluding diaryl/α,β-unsaturated/α-hetero) is 1. The number of rotatable bonds is 5. The minimum absolute atomic E-state index is 0.0245. The lowest BCUT2D eigenvalue weighted by atomic mass is 10.1. The van der Waals surface area contributed by atoms with Crippen molar-refractivity contribution < 1.29 is 14.6 Å². The van der Waals surface area contributed by atoms with Crippen LogP contribution in [0.4, 0.5) is 0 Å². The second kappa shape index (κ2) is 5.54. The van der Waals surface area contributed by atoms with Gasteiger partial charge in [0.2, 0.25) is 0 Å². The molecule has 0 spiro atoms. The zero-order valence-electron chi connectivity index (χ0n) is 6.97. The maximum Gasteiger partial charge on any atom is 0.141 e. The number of aliphatic hydroxyl groups excluding tert-OH is 1. The van der Waals surface area contributed by atoms with Crippen molar-refractivity contribution in [2.24, 2.45) is 5.11 Å². The highest BCUT2D eigenvalue weighted by atomic mass is 16.5. The monoisotopic (exact) mass is 173 g/mol. The Hall–Kier alpha value is -1.10. The number of ketones is 1. The van der Waals surface area contributed by atoms with Gasteiger partial charge >= 0.3 is 0 Å². The van der Waals surface area contributed by atoms with E-state index in [1.807, 2.05) is 0 Å². The highest BCUT2D eigenvalue weighted by Crippen LogP contribution is 2.01. The normalized spacial score (nSPS) is 14.6. The van der Waals surface area contributed by atoms with Gasteiger partial charge in [0, 0.05) is 12.0 Å². The second-order valence-electron chi connectivity index (χ2n) is 2.28. The van der Waals surface area contributed by atoms with E-state index in [1.54, 1.807) is 0 Å². The van der Waals surface area contributed by atoms with Gasteiger partial charge in [-0.25, -0.2) is 0 Å². The van der Waals surface area contributed by atoms with Crippen molar-refractivity contribution in [3.05, 3.63) is 10.4 Å². The summed E-state index contributed by atoms with van der Waals surface area (Å²) in [6, 6.07) is -1.05. The van der Waals surface area contributed by atoms with Gasteiger partial charge in [-0.2, -0.15) is 0 Å². The molecule has 0 rings (SSSR count). The van der Waals surface area contributed by atoms with Gasteiger partial charge in [0.25, 0.3) is 0 Å². The van der Waals surface area contributed by atoms with Crippen molar-refractivity contribution in [2.45, 2.75) is 19.1 Å². The van der Waals surface area contributed by atoms with Crippen LogP contribution in [0.25, 0.3) is 10.4 Å². The zero-order valence-corrected chi connectivity index (χ0v) is 6.97. The molecule has 6 heteroatoms. The van der Waals surface area contributed by atoms with E-state index in [0.29, 0.717) is 0 Å². The molecule has 0 heterocycles. The smallest absolute Gasteiger partial charge is 0.141 e. The fourth-order valence-corrected chi connectivity index (χ4v) is 0.747. The molecule has 0 aliphatic heterocycles. The number of hydrogen-bond donors (Lipinski definition) is 1. The van der Waals surface area contributed by atoms with Crippen molar-refractivity contribution in [3.8, 4) is 0 Å². The molecule has 0 saturated heterocycles. The Bertz CT molecular complexity index is 198. The summed E-state index contributed by atoms with van der Waals surface area (Å²) in [5.74, 6) is -0.377. The largest absolute Gasteiger partial charge is 0.390 e. The summed E-state index contributed by atoms with van der Waals surface area (Å²) in [5, 5.41) is 12.3. The van der Waals surface area contributed by atoms with Crippen LogP contribution in [0, 0.1) is 0 Å². The minimum atomic E-state index is -1.07. The average Bonchev–Trinajstić information content (AvgIpc) is 1.99. The van der Waals surface area contributed by atoms with E-state index >= 15 is 0 Å². The Labute approximate surface area is 69.8 Å². The molecule has 1 N–H and O–H groups in total. The van der Waals surface area contributed by atoms with E-state index in [4.69, 9.17) is 5.53 Å².